The minimum atomic E-state index is -3.44. The SMILES string of the molecule is Cc1ccc(S(=O)(=O)N2CCN(c3c(Cl)cccc3Br)CC2)cc1. The fourth-order valence-electron chi connectivity index (χ4n) is 2.80. The number of anilines is 1. The number of hydrogen-bond acceptors (Lipinski definition) is 3. The molecule has 0 spiro atoms. The molecule has 0 atom stereocenters. The van der Waals surface area contributed by atoms with Crippen LogP contribution in [0, 0.1) is 6.92 Å². The lowest BCUT2D eigenvalue weighted by Crippen LogP contribution is -2.48. The van der Waals surface area contributed by atoms with E-state index in [9.17, 15) is 8.42 Å². The fourth-order valence-corrected chi connectivity index (χ4v) is 5.25. The van der Waals surface area contributed by atoms with Gasteiger partial charge < -0.3 is 4.90 Å². The second-order valence-corrected chi connectivity index (χ2v) is 8.97. The van der Waals surface area contributed by atoms with E-state index >= 15 is 0 Å². The first-order valence-corrected chi connectivity index (χ1v) is 10.3. The molecule has 2 aromatic carbocycles. The van der Waals surface area contributed by atoms with Crippen LogP contribution in [0.3, 0.4) is 0 Å². The van der Waals surface area contributed by atoms with Gasteiger partial charge in [0.25, 0.3) is 0 Å². The summed E-state index contributed by atoms with van der Waals surface area (Å²) in [5.74, 6) is 0. The van der Waals surface area contributed by atoms with E-state index in [1.54, 1.807) is 16.4 Å². The quantitative estimate of drug-likeness (QED) is 0.742. The Morgan fingerprint density at radius 3 is 2.21 bits per heavy atom. The monoisotopic (exact) mass is 428 g/mol. The summed E-state index contributed by atoms with van der Waals surface area (Å²) in [4.78, 5) is 2.47. The molecular weight excluding hydrogens is 412 g/mol. The van der Waals surface area contributed by atoms with Crippen molar-refractivity contribution < 1.29 is 8.42 Å². The molecule has 0 saturated carbocycles. The predicted molar refractivity (Wildman–Crippen MR) is 101 cm³/mol. The first-order chi connectivity index (χ1) is 11.4. The minimum absolute atomic E-state index is 0.348. The summed E-state index contributed by atoms with van der Waals surface area (Å²) in [6, 6.07) is 12.7. The Morgan fingerprint density at radius 2 is 1.62 bits per heavy atom. The van der Waals surface area contributed by atoms with Crippen LogP contribution in [0.25, 0.3) is 0 Å². The largest absolute Gasteiger partial charge is 0.367 e. The van der Waals surface area contributed by atoms with Crippen LogP contribution in [0.5, 0.6) is 0 Å². The molecule has 24 heavy (non-hydrogen) atoms. The van der Waals surface area contributed by atoms with Gasteiger partial charge in [-0.05, 0) is 47.1 Å². The molecule has 1 aliphatic rings. The predicted octanol–water partition coefficient (Wildman–Crippen LogP) is 3.92. The van der Waals surface area contributed by atoms with Gasteiger partial charge in [0.2, 0.25) is 10.0 Å². The van der Waals surface area contributed by atoms with E-state index in [0.29, 0.717) is 36.1 Å². The number of benzene rings is 2. The highest BCUT2D eigenvalue weighted by Gasteiger charge is 2.29. The van der Waals surface area contributed by atoms with E-state index in [2.05, 4.69) is 20.8 Å². The maximum atomic E-state index is 12.7. The van der Waals surface area contributed by atoms with Gasteiger partial charge in [0.1, 0.15) is 0 Å². The van der Waals surface area contributed by atoms with Crippen LogP contribution in [0.2, 0.25) is 5.02 Å². The summed E-state index contributed by atoms with van der Waals surface area (Å²) in [7, 11) is -3.44. The molecule has 1 aliphatic heterocycles. The summed E-state index contributed by atoms with van der Waals surface area (Å²) < 4.78 is 28.0. The first kappa shape index (κ1) is 17.7. The van der Waals surface area contributed by atoms with Crippen LogP contribution in [0.1, 0.15) is 5.56 Å². The Hall–Kier alpha value is -1.08. The number of halogens is 2. The number of rotatable bonds is 3. The highest BCUT2D eigenvalue weighted by molar-refractivity contribution is 9.10. The average molecular weight is 430 g/mol. The summed E-state index contributed by atoms with van der Waals surface area (Å²) in [6.45, 7) is 4.03. The van der Waals surface area contributed by atoms with Crippen molar-refractivity contribution in [3.05, 3.63) is 57.5 Å². The minimum Gasteiger partial charge on any atom is -0.367 e. The third-order valence-corrected chi connectivity index (χ3v) is 7.01. The van der Waals surface area contributed by atoms with E-state index in [1.165, 1.54) is 0 Å². The van der Waals surface area contributed by atoms with E-state index in [0.717, 1.165) is 15.7 Å². The van der Waals surface area contributed by atoms with Gasteiger partial charge in [0.15, 0.2) is 0 Å². The van der Waals surface area contributed by atoms with Crippen molar-refractivity contribution in [3.63, 3.8) is 0 Å². The number of hydrogen-bond donors (Lipinski definition) is 0. The second kappa shape index (κ2) is 7.04. The lowest BCUT2D eigenvalue weighted by molar-refractivity contribution is 0.385. The van der Waals surface area contributed by atoms with E-state index in [4.69, 9.17) is 11.6 Å². The van der Waals surface area contributed by atoms with Gasteiger partial charge in [0, 0.05) is 30.7 Å². The average Bonchev–Trinajstić information content (AvgIpc) is 2.55. The molecule has 4 nitrogen and oxygen atoms in total. The number of nitrogens with zero attached hydrogens (tertiary/aromatic N) is 2. The number of piperazine rings is 1. The third-order valence-electron chi connectivity index (χ3n) is 4.15. The van der Waals surface area contributed by atoms with Crippen molar-refractivity contribution >= 4 is 43.2 Å². The van der Waals surface area contributed by atoms with Crippen molar-refractivity contribution in [2.75, 3.05) is 31.1 Å². The van der Waals surface area contributed by atoms with E-state index in [1.807, 2.05) is 37.3 Å². The van der Waals surface area contributed by atoms with Crippen LogP contribution in [0.15, 0.2) is 51.8 Å². The Bertz CT molecular complexity index is 812. The molecule has 0 radical (unpaired) electrons. The van der Waals surface area contributed by atoms with Gasteiger partial charge in [-0.3, -0.25) is 0 Å². The zero-order valence-electron chi connectivity index (χ0n) is 13.2. The Morgan fingerprint density at radius 1 is 1.00 bits per heavy atom. The second-order valence-electron chi connectivity index (χ2n) is 5.77. The van der Waals surface area contributed by atoms with Gasteiger partial charge in [-0.2, -0.15) is 4.31 Å². The van der Waals surface area contributed by atoms with Crippen molar-refractivity contribution in [1.82, 2.24) is 4.31 Å². The van der Waals surface area contributed by atoms with Crippen molar-refractivity contribution in [1.29, 1.82) is 0 Å². The molecule has 0 N–H and O–H groups in total. The van der Waals surface area contributed by atoms with Gasteiger partial charge in [0.05, 0.1) is 15.6 Å². The number of sulfonamides is 1. The smallest absolute Gasteiger partial charge is 0.243 e. The summed E-state index contributed by atoms with van der Waals surface area (Å²) in [6.07, 6.45) is 0. The molecule has 3 rings (SSSR count). The molecule has 2 aromatic rings. The molecule has 1 saturated heterocycles. The van der Waals surface area contributed by atoms with E-state index < -0.39 is 10.0 Å². The van der Waals surface area contributed by atoms with Crippen LogP contribution in [0.4, 0.5) is 5.69 Å². The van der Waals surface area contributed by atoms with Crippen LogP contribution >= 0.6 is 27.5 Å². The summed E-state index contributed by atoms with van der Waals surface area (Å²) in [5.41, 5.74) is 1.97. The zero-order chi connectivity index (χ0) is 17.3. The zero-order valence-corrected chi connectivity index (χ0v) is 16.4. The molecule has 0 amide bonds. The molecule has 7 heteroatoms. The molecule has 128 valence electrons. The Kier molecular flexibility index (Phi) is 5.20. The highest BCUT2D eigenvalue weighted by Crippen LogP contribution is 2.34. The highest BCUT2D eigenvalue weighted by atomic mass is 79.9. The fraction of sp³-hybridized carbons (Fsp3) is 0.294. The van der Waals surface area contributed by atoms with Gasteiger partial charge in [-0.25, -0.2) is 8.42 Å². The first-order valence-electron chi connectivity index (χ1n) is 7.65. The normalized spacial score (nSPS) is 16.4. The summed E-state index contributed by atoms with van der Waals surface area (Å²) in [5, 5.41) is 0.666. The Balaban J connectivity index is 1.76. The van der Waals surface area contributed by atoms with Crippen molar-refractivity contribution in [2.45, 2.75) is 11.8 Å². The Labute approximate surface area is 156 Å². The lowest BCUT2D eigenvalue weighted by atomic mass is 10.2. The standard InChI is InChI=1S/C17H18BrClN2O2S/c1-13-5-7-14(8-6-13)24(22,23)21-11-9-20(10-12-21)17-15(18)3-2-4-16(17)19/h2-8H,9-12H2,1H3. The maximum Gasteiger partial charge on any atom is 0.243 e. The van der Waals surface area contributed by atoms with Gasteiger partial charge in [-0.1, -0.05) is 35.4 Å². The van der Waals surface area contributed by atoms with Crippen molar-refractivity contribution in [2.24, 2.45) is 0 Å². The molecule has 0 aromatic heterocycles. The number of para-hydroxylation sites is 1. The lowest BCUT2D eigenvalue weighted by Gasteiger charge is -2.36. The van der Waals surface area contributed by atoms with Crippen LogP contribution in [-0.2, 0) is 10.0 Å². The molecule has 0 aliphatic carbocycles. The molecule has 0 unspecified atom stereocenters. The maximum absolute atomic E-state index is 12.7. The van der Waals surface area contributed by atoms with Gasteiger partial charge >= 0.3 is 0 Å². The molecule has 0 bridgehead atoms. The topological polar surface area (TPSA) is 40.6 Å². The van der Waals surface area contributed by atoms with E-state index in [-0.39, 0.29) is 0 Å². The molecule has 1 heterocycles. The number of aryl methyl sites for hydroxylation is 1. The summed E-state index contributed by atoms with van der Waals surface area (Å²) >= 11 is 9.82. The van der Waals surface area contributed by atoms with Crippen LogP contribution in [-0.4, -0.2) is 38.9 Å². The van der Waals surface area contributed by atoms with Gasteiger partial charge in [-0.15, -0.1) is 0 Å². The van der Waals surface area contributed by atoms with Crippen LogP contribution < -0.4 is 4.90 Å². The molecular formula is C17H18BrClN2O2S. The third kappa shape index (κ3) is 3.47. The molecule has 1 fully saturated rings. The van der Waals surface area contributed by atoms with Crippen molar-refractivity contribution in [3.8, 4) is 0 Å².